The Morgan fingerprint density at radius 3 is 2.55 bits per heavy atom. The molecule has 1 aromatic carbocycles. The lowest BCUT2D eigenvalue weighted by Crippen LogP contribution is -2.49. The summed E-state index contributed by atoms with van der Waals surface area (Å²) in [6.45, 7) is 0. The number of rotatable bonds is 6. The summed E-state index contributed by atoms with van der Waals surface area (Å²) < 4.78 is 24.9. The van der Waals surface area contributed by atoms with Crippen molar-refractivity contribution in [1.29, 1.82) is 0 Å². The van der Waals surface area contributed by atoms with Crippen LogP contribution in [0, 0.1) is 0 Å². The third kappa shape index (κ3) is 5.22. The fraction of sp³-hybridized carbons (Fsp3) is 0.524. The van der Waals surface area contributed by atoms with Crippen molar-refractivity contribution < 1.29 is 13.2 Å². The molecule has 1 aromatic heterocycles. The van der Waals surface area contributed by atoms with E-state index in [1.165, 1.54) is 18.2 Å². The number of amides is 1. The summed E-state index contributed by atoms with van der Waals surface area (Å²) in [7, 11) is -3.02. The van der Waals surface area contributed by atoms with E-state index in [9.17, 15) is 13.2 Å². The van der Waals surface area contributed by atoms with Crippen molar-refractivity contribution in [2.24, 2.45) is 0 Å². The minimum absolute atomic E-state index is 0.0560. The van der Waals surface area contributed by atoms with Gasteiger partial charge in [0.25, 0.3) is 0 Å². The molecule has 4 rings (SSSR count). The molecule has 0 spiro atoms. The minimum Gasteiger partial charge on any atom is -0.335 e. The van der Waals surface area contributed by atoms with Gasteiger partial charge in [-0.05, 0) is 19.3 Å². The standard InChI is InChI=1S/C21H26N2O3S3/c24-20(14-28-21-22-19(13-27-21)16-7-3-1-4-8-16)23(17-9-5-2-6-10-17)18-11-12-29(25,26)15-18/h1,3-4,7-8,13,17-18H,2,5-6,9-12,14-15H2. The SMILES string of the molecule is O=C(CSc1nc(-c2ccccc2)cs1)N(C1CCCCC1)C1CCS(=O)(=O)C1. The zero-order chi connectivity index (χ0) is 20.3. The zero-order valence-electron chi connectivity index (χ0n) is 16.3. The molecule has 2 aliphatic rings. The van der Waals surface area contributed by atoms with Crippen molar-refractivity contribution in [2.45, 2.75) is 54.9 Å². The Balaban J connectivity index is 1.43. The molecule has 1 unspecified atom stereocenters. The zero-order valence-corrected chi connectivity index (χ0v) is 18.8. The van der Waals surface area contributed by atoms with Crippen LogP contribution in [-0.2, 0) is 14.6 Å². The van der Waals surface area contributed by atoms with E-state index in [1.54, 1.807) is 11.3 Å². The predicted molar refractivity (Wildman–Crippen MR) is 119 cm³/mol. The molecule has 2 aromatic rings. The van der Waals surface area contributed by atoms with Gasteiger partial charge in [0.2, 0.25) is 5.91 Å². The van der Waals surface area contributed by atoms with E-state index in [2.05, 4.69) is 4.98 Å². The molecule has 8 heteroatoms. The molecule has 1 saturated carbocycles. The van der Waals surface area contributed by atoms with E-state index >= 15 is 0 Å². The highest BCUT2D eigenvalue weighted by atomic mass is 32.2. The third-order valence-electron chi connectivity index (χ3n) is 5.73. The Labute approximate surface area is 180 Å². The largest absolute Gasteiger partial charge is 0.335 e. The quantitative estimate of drug-likeness (QED) is 0.616. The van der Waals surface area contributed by atoms with Gasteiger partial charge < -0.3 is 4.90 Å². The van der Waals surface area contributed by atoms with Gasteiger partial charge in [-0.2, -0.15) is 0 Å². The third-order valence-corrected chi connectivity index (χ3v) is 9.49. The van der Waals surface area contributed by atoms with E-state index in [1.807, 2.05) is 40.6 Å². The summed E-state index contributed by atoms with van der Waals surface area (Å²) in [5.74, 6) is 0.693. The summed E-state index contributed by atoms with van der Waals surface area (Å²) in [5.41, 5.74) is 2.00. The lowest BCUT2D eigenvalue weighted by molar-refractivity contribution is -0.133. The van der Waals surface area contributed by atoms with Crippen LogP contribution in [0.3, 0.4) is 0 Å². The maximum Gasteiger partial charge on any atom is 0.233 e. The van der Waals surface area contributed by atoms with Crippen molar-refractivity contribution in [2.75, 3.05) is 17.3 Å². The van der Waals surface area contributed by atoms with Gasteiger partial charge in [-0.15, -0.1) is 11.3 Å². The monoisotopic (exact) mass is 450 g/mol. The highest BCUT2D eigenvalue weighted by Gasteiger charge is 2.38. The van der Waals surface area contributed by atoms with E-state index < -0.39 is 9.84 Å². The highest BCUT2D eigenvalue weighted by Crippen LogP contribution is 2.31. The first-order chi connectivity index (χ1) is 14.0. The lowest BCUT2D eigenvalue weighted by atomic mass is 9.93. The number of hydrogen-bond donors (Lipinski definition) is 0. The number of thioether (sulfide) groups is 1. The normalized spacial score (nSPS) is 21.9. The molecule has 2 fully saturated rings. The maximum atomic E-state index is 13.2. The summed E-state index contributed by atoms with van der Waals surface area (Å²) in [4.78, 5) is 19.8. The number of thiazole rings is 1. The van der Waals surface area contributed by atoms with Gasteiger partial charge in [0.15, 0.2) is 14.2 Å². The molecular weight excluding hydrogens is 424 g/mol. The Bertz CT molecular complexity index is 937. The number of hydrogen-bond acceptors (Lipinski definition) is 6. The van der Waals surface area contributed by atoms with Crippen LogP contribution >= 0.6 is 23.1 Å². The Kier molecular flexibility index (Phi) is 6.61. The van der Waals surface area contributed by atoms with Gasteiger partial charge in [-0.1, -0.05) is 61.4 Å². The van der Waals surface area contributed by atoms with Crippen molar-refractivity contribution in [3.8, 4) is 11.3 Å². The van der Waals surface area contributed by atoms with Crippen molar-refractivity contribution in [1.82, 2.24) is 9.88 Å². The molecule has 0 N–H and O–H groups in total. The smallest absolute Gasteiger partial charge is 0.233 e. The van der Waals surface area contributed by atoms with Gasteiger partial charge in [-0.3, -0.25) is 4.79 Å². The molecule has 29 heavy (non-hydrogen) atoms. The van der Waals surface area contributed by atoms with E-state index in [0.29, 0.717) is 12.2 Å². The highest BCUT2D eigenvalue weighted by molar-refractivity contribution is 8.01. The van der Waals surface area contributed by atoms with E-state index in [0.717, 1.165) is 41.3 Å². The lowest BCUT2D eigenvalue weighted by Gasteiger charge is -2.38. The minimum atomic E-state index is -3.02. The van der Waals surface area contributed by atoms with Crippen LogP contribution in [-0.4, -0.2) is 53.6 Å². The molecule has 5 nitrogen and oxygen atoms in total. The molecule has 1 saturated heterocycles. The number of sulfone groups is 1. The Morgan fingerprint density at radius 2 is 1.86 bits per heavy atom. The van der Waals surface area contributed by atoms with Crippen LogP contribution in [0.1, 0.15) is 38.5 Å². The molecular formula is C21H26N2O3S3. The number of aromatic nitrogens is 1. The average molecular weight is 451 g/mol. The van der Waals surface area contributed by atoms with Gasteiger partial charge >= 0.3 is 0 Å². The molecule has 0 radical (unpaired) electrons. The molecule has 0 bridgehead atoms. The van der Waals surface area contributed by atoms with Crippen molar-refractivity contribution in [3.63, 3.8) is 0 Å². The summed E-state index contributed by atoms with van der Waals surface area (Å²) in [6.07, 6.45) is 5.99. The maximum absolute atomic E-state index is 13.2. The molecule has 1 aliphatic carbocycles. The topological polar surface area (TPSA) is 67.3 Å². The summed E-state index contributed by atoms with van der Waals surface area (Å²) in [5, 5.41) is 2.02. The predicted octanol–water partition coefficient (Wildman–Crippen LogP) is 4.25. The van der Waals surface area contributed by atoms with Gasteiger partial charge in [0, 0.05) is 23.0 Å². The molecule has 1 atom stereocenters. The van der Waals surface area contributed by atoms with E-state index in [-0.39, 0.29) is 29.5 Å². The van der Waals surface area contributed by atoms with Crippen LogP contribution in [0.2, 0.25) is 0 Å². The fourth-order valence-corrected chi connectivity index (χ4v) is 7.74. The van der Waals surface area contributed by atoms with Gasteiger partial charge in [0.1, 0.15) is 0 Å². The number of carbonyl (C=O) groups is 1. The average Bonchev–Trinajstić information content (AvgIpc) is 3.34. The second-order valence-corrected chi connectivity index (χ2v) is 12.1. The number of benzene rings is 1. The second-order valence-electron chi connectivity index (χ2n) is 7.80. The molecule has 156 valence electrons. The van der Waals surface area contributed by atoms with Gasteiger partial charge in [-0.25, -0.2) is 13.4 Å². The summed E-state index contributed by atoms with van der Waals surface area (Å²) in [6, 6.07) is 10.0. The van der Waals surface area contributed by atoms with Crippen LogP contribution < -0.4 is 0 Å². The molecule has 1 amide bonds. The van der Waals surface area contributed by atoms with Crippen LogP contribution in [0.5, 0.6) is 0 Å². The number of nitrogens with zero attached hydrogens (tertiary/aromatic N) is 2. The van der Waals surface area contributed by atoms with Gasteiger partial charge in [0.05, 0.1) is 23.0 Å². The van der Waals surface area contributed by atoms with Crippen molar-refractivity contribution >= 4 is 38.8 Å². The van der Waals surface area contributed by atoms with Crippen LogP contribution in [0.4, 0.5) is 0 Å². The summed E-state index contributed by atoms with van der Waals surface area (Å²) >= 11 is 3.01. The Morgan fingerprint density at radius 1 is 1.10 bits per heavy atom. The van der Waals surface area contributed by atoms with E-state index in [4.69, 9.17) is 0 Å². The fourth-order valence-electron chi connectivity index (χ4n) is 4.32. The first-order valence-electron chi connectivity index (χ1n) is 10.2. The number of carbonyl (C=O) groups excluding carboxylic acids is 1. The first-order valence-corrected chi connectivity index (χ1v) is 13.9. The second kappa shape index (κ2) is 9.18. The first kappa shape index (κ1) is 20.9. The van der Waals surface area contributed by atoms with Crippen molar-refractivity contribution in [3.05, 3.63) is 35.7 Å². The Hall–Kier alpha value is -1.38. The molecule has 1 aliphatic heterocycles. The van der Waals surface area contributed by atoms with Crippen LogP contribution in [0.25, 0.3) is 11.3 Å². The van der Waals surface area contributed by atoms with Crippen LogP contribution in [0.15, 0.2) is 40.1 Å². The molecule has 2 heterocycles.